The van der Waals surface area contributed by atoms with Crippen LogP contribution in [0.5, 0.6) is 0 Å². The Bertz CT molecular complexity index is 196. The average molecular weight is 125 g/mol. The number of hydrogen-bond acceptors (Lipinski definition) is 2. The minimum Gasteiger partial charge on any atom is -0.305 e. The Morgan fingerprint density at radius 3 is 2.44 bits per heavy atom. The summed E-state index contributed by atoms with van der Waals surface area (Å²) in [5, 5.41) is 9.52. The summed E-state index contributed by atoms with van der Waals surface area (Å²) in [6, 6.07) is -0.287. The van der Waals surface area contributed by atoms with Crippen molar-refractivity contribution in [2.75, 3.05) is 7.05 Å². The molecule has 1 heterocycles. The van der Waals surface area contributed by atoms with Gasteiger partial charge in [-0.05, 0) is 0 Å². The molecule has 4 nitrogen and oxygen atoms in total. The van der Waals surface area contributed by atoms with Crippen molar-refractivity contribution in [1.29, 1.82) is 5.41 Å². The van der Waals surface area contributed by atoms with Crippen molar-refractivity contribution >= 4 is 11.9 Å². The molecule has 0 bridgehead atoms. The van der Waals surface area contributed by atoms with Crippen LogP contribution >= 0.6 is 0 Å². The van der Waals surface area contributed by atoms with Crippen LogP contribution in [0.15, 0.2) is 12.3 Å². The first-order chi connectivity index (χ1) is 4.13. The highest BCUT2D eigenvalue weighted by atomic mass is 16.2. The van der Waals surface area contributed by atoms with Crippen LogP contribution in [0.3, 0.4) is 0 Å². The molecule has 1 aliphatic heterocycles. The molecule has 1 fully saturated rings. The summed E-state index contributed by atoms with van der Waals surface area (Å²) in [5.74, 6) is 0.139. The van der Waals surface area contributed by atoms with Crippen LogP contribution in [-0.4, -0.2) is 23.8 Å². The fourth-order valence-electron chi connectivity index (χ4n) is 0.576. The lowest BCUT2D eigenvalue weighted by molar-refractivity contribution is 0.234. The molecule has 0 atom stereocenters. The lowest BCUT2D eigenvalue weighted by atomic mass is 10.5. The normalized spacial score (nSPS) is 18.8. The van der Waals surface area contributed by atoms with Gasteiger partial charge in [0.15, 0.2) is 5.84 Å². The molecule has 2 amide bonds. The van der Waals surface area contributed by atoms with Gasteiger partial charge in [-0.15, -0.1) is 0 Å². The molecule has 0 aromatic heterocycles. The molecular formula is C5H7N3O. The summed E-state index contributed by atoms with van der Waals surface area (Å²) in [4.78, 5) is 11.8. The van der Waals surface area contributed by atoms with Crippen LogP contribution in [0.25, 0.3) is 0 Å². The van der Waals surface area contributed by atoms with E-state index in [-0.39, 0.29) is 11.9 Å². The SMILES string of the molecule is C=C1NC(=O)N(C)C1=N. The van der Waals surface area contributed by atoms with Crippen molar-refractivity contribution in [3.05, 3.63) is 12.3 Å². The minimum atomic E-state index is -0.287. The smallest absolute Gasteiger partial charge is 0.305 e. The van der Waals surface area contributed by atoms with Gasteiger partial charge >= 0.3 is 6.03 Å². The van der Waals surface area contributed by atoms with E-state index >= 15 is 0 Å². The molecule has 0 aromatic rings. The lowest BCUT2D eigenvalue weighted by Gasteiger charge is -2.02. The maximum atomic E-state index is 10.6. The van der Waals surface area contributed by atoms with Crippen LogP contribution in [-0.2, 0) is 0 Å². The van der Waals surface area contributed by atoms with E-state index in [0.717, 1.165) is 0 Å². The second kappa shape index (κ2) is 1.58. The number of nitrogens with one attached hydrogen (secondary N) is 2. The molecular weight excluding hydrogens is 118 g/mol. The van der Waals surface area contributed by atoms with E-state index in [2.05, 4.69) is 11.9 Å². The van der Waals surface area contributed by atoms with Gasteiger partial charge < -0.3 is 5.32 Å². The molecule has 2 N–H and O–H groups in total. The summed E-state index contributed by atoms with van der Waals surface area (Å²) in [6.45, 7) is 3.44. The second-order valence-electron chi connectivity index (χ2n) is 1.82. The summed E-state index contributed by atoms with van der Waals surface area (Å²) >= 11 is 0. The Morgan fingerprint density at radius 2 is 2.33 bits per heavy atom. The number of hydrogen-bond donors (Lipinski definition) is 2. The lowest BCUT2D eigenvalue weighted by Crippen LogP contribution is -2.25. The number of carbonyl (C=O) groups excluding carboxylic acids is 1. The van der Waals surface area contributed by atoms with E-state index in [9.17, 15) is 4.79 Å². The number of rotatable bonds is 0. The molecule has 48 valence electrons. The number of likely N-dealkylation sites (N-methyl/N-ethyl adjacent to an activating group) is 1. The summed E-state index contributed by atoms with van der Waals surface area (Å²) in [5.41, 5.74) is 0.363. The number of urea groups is 1. The molecule has 9 heavy (non-hydrogen) atoms. The van der Waals surface area contributed by atoms with E-state index in [1.54, 1.807) is 0 Å². The van der Waals surface area contributed by atoms with Crippen molar-refractivity contribution in [1.82, 2.24) is 10.2 Å². The van der Waals surface area contributed by atoms with Crippen LogP contribution in [0.4, 0.5) is 4.79 Å². The van der Waals surface area contributed by atoms with Crippen LogP contribution in [0.2, 0.25) is 0 Å². The molecule has 1 saturated heterocycles. The van der Waals surface area contributed by atoms with Gasteiger partial charge in [-0.2, -0.15) is 0 Å². The topological polar surface area (TPSA) is 56.2 Å². The van der Waals surface area contributed by atoms with Crippen molar-refractivity contribution in [2.24, 2.45) is 0 Å². The zero-order valence-corrected chi connectivity index (χ0v) is 5.06. The first-order valence-electron chi connectivity index (χ1n) is 2.45. The van der Waals surface area contributed by atoms with E-state index < -0.39 is 0 Å². The predicted octanol–water partition coefficient (Wildman–Crippen LogP) is 0.132. The fraction of sp³-hybridized carbons (Fsp3) is 0.200. The van der Waals surface area contributed by atoms with Gasteiger partial charge in [0.1, 0.15) is 0 Å². The summed E-state index contributed by atoms with van der Waals surface area (Å²) in [7, 11) is 1.52. The molecule has 4 heteroatoms. The van der Waals surface area contributed by atoms with E-state index in [4.69, 9.17) is 5.41 Å². The molecule has 0 aliphatic carbocycles. The fourth-order valence-corrected chi connectivity index (χ4v) is 0.576. The van der Waals surface area contributed by atoms with Crippen molar-refractivity contribution in [2.45, 2.75) is 0 Å². The molecule has 0 aromatic carbocycles. The van der Waals surface area contributed by atoms with Crippen LogP contribution in [0.1, 0.15) is 0 Å². The largest absolute Gasteiger partial charge is 0.327 e. The number of amides is 2. The Hall–Kier alpha value is -1.32. The second-order valence-corrected chi connectivity index (χ2v) is 1.82. The highest BCUT2D eigenvalue weighted by Gasteiger charge is 2.24. The van der Waals surface area contributed by atoms with Crippen molar-refractivity contribution in [3.63, 3.8) is 0 Å². The number of amidine groups is 1. The predicted molar refractivity (Wildman–Crippen MR) is 33.2 cm³/mol. The summed E-state index contributed by atoms with van der Waals surface area (Å²) < 4.78 is 0. The van der Waals surface area contributed by atoms with E-state index in [0.29, 0.717) is 5.70 Å². The van der Waals surface area contributed by atoms with Gasteiger partial charge in [-0.25, -0.2) is 4.79 Å². The number of nitrogens with zero attached hydrogens (tertiary/aromatic N) is 1. The third kappa shape index (κ3) is 0.679. The van der Waals surface area contributed by atoms with Gasteiger partial charge in [0.2, 0.25) is 0 Å². The van der Waals surface area contributed by atoms with E-state index in [1.807, 2.05) is 0 Å². The highest BCUT2D eigenvalue weighted by molar-refractivity contribution is 6.12. The molecule has 0 saturated carbocycles. The monoisotopic (exact) mass is 125 g/mol. The van der Waals surface area contributed by atoms with Crippen LogP contribution < -0.4 is 5.32 Å². The quantitative estimate of drug-likeness (QED) is 0.475. The molecule has 1 rings (SSSR count). The first kappa shape index (κ1) is 5.81. The van der Waals surface area contributed by atoms with Gasteiger partial charge in [-0.1, -0.05) is 6.58 Å². The Balaban J connectivity index is 2.90. The zero-order valence-electron chi connectivity index (χ0n) is 5.06. The molecule has 0 unspecified atom stereocenters. The van der Waals surface area contributed by atoms with Crippen LogP contribution in [0, 0.1) is 5.41 Å². The summed E-state index contributed by atoms with van der Waals surface area (Å²) in [6.07, 6.45) is 0. The Labute approximate surface area is 52.7 Å². The standard InChI is InChI=1S/C5H7N3O/c1-3-4(6)8(2)5(9)7-3/h6H,1H2,2H3,(H,7,9). The molecule has 0 spiro atoms. The Morgan fingerprint density at radius 1 is 1.78 bits per heavy atom. The van der Waals surface area contributed by atoms with Gasteiger partial charge in [-0.3, -0.25) is 10.3 Å². The average Bonchev–Trinajstić information content (AvgIpc) is 1.98. The molecule has 0 radical (unpaired) electrons. The van der Waals surface area contributed by atoms with Crippen molar-refractivity contribution < 1.29 is 4.79 Å². The maximum Gasteiger partial charge on any atom is 0.327 e. The maximum absolute atomic E-state index is 10.6. The third-order valence-electron chi connectivity index (χ3n) is 1.18. The van der Waals surface area contributed by atoms with Gasteiger partial charge in [0.25, 0.3) is 0 Å². The Kier molecular flexibility index (Phi) is 1.02. The number of carbonyl (C=O) groups is 1. The van der Waals surface area contributed by atoms with Gasteiger partial charge in [0.05, 0.1) is 5.70 Å². The zero-order chi connectivity index (χ0) is 7.02. The third-order valence-corrected chi connectivity index (χ3v) is 1.18. The highest BCUT2D eigenvalue weighted by Crippen LogP contribution is 2.03. The molecule has 1 aliphatic rings. The first-order valence-corrected chi connectivity index (χ1v) is 2.45. The van der Waals surface area contributed by atoms with E-state index in [1.165, 1.54) is 11.9 Å². The van der Waals surface area contributed by atoms with Crippen molar-refractivity contribution in [3.8, 4) is 0 Å². The minimum absolute atomic E-state index is 0.139. The van der Waals surface area contributed by atoms with Gasteiger partial charge in [0, 0.05) is 7.05 Å².